The molecule has 0 saturated heterocycles. The number of anilines is 1. The van der Waals surface area contributed by atoms with Crippen molar-refractivity contribution >= 4 is 34.4 Å². The average Bonchev–Trinajstić information content (AvgIpc) is 3.36. The molecule has 2 aromatic heterocycles. The third-order valence-corrected chi connectivity index (χ3v) is 6.34. The molecular weight excluding hydrogens is 436 g/mol. The quantitative estimate of drug-likeness (QED) is 0.475. The summed E-state index contributed by atoms with van der Waals surface area (Å²) in [6.07, 6.45) is 1.40. The standard InChI is InChI=1S/C22H17F2N5O2S/c1-12-3-2-4-14(7-12)29-20-16(10-25-29)21(31)28-15(11-32-22(28)27-20)9-19(30)26-18-8-13(23)5-6-17(18)24/h2-8,10,15H,9,11H2,1H3,(H,26,30). The lowest BCUT2D eigenvalue weighted by molar-refractivity contribution is -0.116. The molecule has 1 unspecified atom stereocenters. The summed E-state index contributed by atoms with van der Waals surface area (Å²) in [6.45, 7) is 1.97. The summed E-state index contributed by atoms with van der Waals surface area (Å²) in [5, 5.41) is 7.56. The maximum Gasteiger partial charge on any atom is 0.265 e. The lowest BCUT2D eigenvalue weighted by Gasteiger charge is -2.14. The Balaban J connectivity index is 1.45. The van der Waals surface area contributed by atoms with Crippen LogP contribution in [0.1, 0.15) is 18.0 Å². The molecule has 3 heterocycles. The molecule has 32 heavy (non-hydrogen) atoms. The highest BCUT2D eigenvalue weighted by molar-refractivity contribution is 7.99. The van der Waals surface area contributed by atoms with E-state index in [2.05, 4.69) is 15.4 Å². The number of halogens is 2. The SMILES string of the molecule is Cc1cccc(-n2ncc3c(=O)n4c(nc32)SCC4CC(=O)Nc2cc(F)ccc2F)c1. The van der Waals surface area contributed by atoms with Gasteiger partial charge in [0, 0.05) is 18.2 Å². The van der Waals surface area contributed by atoms with Crippen molar-refractivity contribution in [3.05, 3.63) is 76.2 Å². The van der Waals surface area contributed by atoms with Crippen molar-refractivity contribution in [2.24, 2.45) is 0 Å². The smallest absolute Gasteiger partial charge is 0.265 e. The number of rotatable bonds is 4. The van der Waals surface area contributed by atoms with Crippen LogP contribution in [0.15, 0.2) is 58.6 Å². The largest absolute Gasteiger partial charge is 0.323 e. The van der Waals surface area contributed by atoms with Crippen molar-refractivity contribution in [2.75, 3.05) is 11.1 Å². The third-order valence-electron chi connectivity index (χ3n) is 5.24. The lowest BCUT2D eigenvalue weighted by atomic mass is 10.2. The molecule has 10 heteroatoms. The molecule has 0 radical (unpaired) electrons. The normalized spacial score (nSPS) is 15.2. The van der Waals surface area contributed by atoms with Gasteiger partial charge in [0.25, 0.3) is 5.56 Å². The summed E-state index contributed by atoms with van der Waals surface area (Å²) in [5.74, 6) is -1.44. The first-order valence-electron chi connectivity index (χ1n) is 9.86. The number of thioether (sulfide) groups is 1. The van der Waals surface area contributed by atoms with Gasteiger partial charge in [-0.3, -0.25) is 14.2 Å². The van der Waals surface area contributed by atoms with Crippen LogP contribution in [-0.2, 0) is 4.79 Å². The Morgan fingerprint density at radius 3 is 2.91 bits per heavy atom. The van der Waals surface area contributed by atoms with E-state index in [1.165, 1.54) is 22.5 Å². The molecule has 1 aliphatic heterocycles. The van der Waals surface area contributed by atoms with Crippen LogP contribution in [0.5, 0.6) is 0 Å². The van der Waals surface area contributed by atoms with Gasteiger partial charge >= 0.3 is 0 Å². The van der Waals surface area contributed by atoms with Crippen LogP contribution in [0, 0.1) is 18.6 Å². The number of carbonyl (C=O) groups excluding carboxylic acids is 1. The predicted octanol–water partition coefficient (Wildman–Crippen LogP) is 3.84. The summed E-state index contributed by atoms with van der Waals surface area (Å²) in [6, 6.07) is 10.1. The summed E-state index contributed by atoms with van der Waals surface area (Å²) in [4.78, 5) is 30.3. The number of hydrogen-bond donors (Lipinski definition) is 1. The van der Waals surface area contributed by atoms with E-state index in [0.717, 1.165) is 29.4 Å². The fraction of sp³-hybridized carbons (Fsp3) is 0.182. The lowest BCUT2D eigenvalue weighted by Crippen LogP contribution is -2.28. The van der Waals surface area contributed by atoms with E-state index in [1.54, 1.807) is 4.68 Å². The van der Waals surface area contributed by atoms with Gasteiger partial charge in [0.15, 0.2) is 10.8 Å². The molecule has 0 spiro atoms. The Bertz CT molecular complexity index is 1430. The maximum atomic E-state index is 13.8. The first-order chi connectivity index (χ1) is 15.4. The summed E-state index contributed by atoms with van der Waals surface area (Å²) < 4.78 is 30.3. The molecule has 2 aromatic carbocycles. The van der Waals surface area contributed by atoms with Crippen LogP contribution in [0.4, 0.5) is 14.5 Å². The molecule has 0 fully saturated rings. The Hall–Kier alpha value is -3.53. The molecule has 1 N–H and O–H groups in total. The number of amides is 1. The van der Waals surface area contributed by atoms with Crippen molar-refractivity contribution in [3.8, 4) is 5.69 Å². The van der Waals surface area contributed by atoms with Crippen LogP contribution < -0.4 is 10.9 Å². The molecule has 4 aromatic rings. The van der Waals surface area contributed by atoms with E-state index in [1.807, 2.05) is 31.2 Å². The molecule has 5 rings (SSSR count). The minimum absolute atomic E-state index is 0.0743. The molecule has 0 bridgehead atoms. The molecular formula is C22H17F2N5O2S. The van der Waals surface area contributed by atoms with Gasteiger partial charge in [0.2, 0.25) is 5.91 Å². The molecule has 162 valence electrons. The van der Waals surface area contributed by atoms with E-state index in [-0.39, 0.29) is 17.7 Å². The van der Waals surface area contributed by atoms with Crippen molar-refractivity contribution in [1.82, 2.24) is 19.3 Å². The highest BCUT2D eigenvalue weighted by Crippen LogP contribution is 2.33. The van der Waals surface area contributed by atoms with Gasteiger partial charge in [0.1, 0.15) is 17.0 Å². The van der Waals surface area contributed by atoms with Crippen LogP contribution in [0.2, 0.25) is 0 Å². The number of aryl methyl sites for hydroxylation is 1. The van der Waals surface area contributed by atoms with Crippen molar-refractivity contribution in [1.29, 1.82) is 0 Å². The van der Waals surface area contributed by atoms with Crippen molar-refractivity contribution < 1.29 is 13.6 Å². The van der Waals surface area contributed by atoms with Crippen molar-refractivity contribution in [2.45, 2.75) is 24.5 Å². The van der Waals surface area contributed by atoms with Gasteiger partial charge in [0.05, 0.1) is 23.6 Å². The monoisotopic (exact) mass is 453 g/mol. The fourth-order valence-corrected chi connectivity index (χ4v) is 4.87. The van der Waals surface area contributed by atoms with E-state index >= 15 is 0 Å². The number of nitrogens with one attached hydrogen (secondary N) is 1. The topological polar surface area (TPSA) is 81.8 Å². The minimum atomic E-state index is -0.731. The Kier molecular flexibility index (Phi) is 5.01. The number of aromatic nitrogens is 4. The third kappa shape index (κ3) is 3.56. The van der Waals surface area contributed by atoms with E-state index < -0.39 is 23.6 Å². The van der Waals surface area contributed by atoms with Crippen molar-refractivity contribution in [3.63, 3.8) is 0 Å². The summed E-state index contributed by atoms with van der Waals surface area (Å²) in [5.41, 5.74) is 1.78. The zero-order chi connectivity index (χ0) is 22.4. The highest BCUT2D eigenvalue weighted by atomic mass is 32.2. The van der Waals surface area contributed by atoms with E-state index in [9.17, 15) is 18.4 Å². The second-order valence-corrected chi connectivity index (χ2v) is 8.53. The molecule has 7 nitrogen and oxygen atoms in total. The van der Waals surface area contributed by atoms with Crippen LogP contribution in [-0.4, -0.2) is 31.0 Å². The first kappa shape index (κ1) is 20.4. The van der Waals surface area contributed by atoms with E-state index in [4.69, 9.17) is 0 Å². The zero-order valence-corrected chi connectivity index (χ0v) is 17.7. The number of hydrogen-bond acceptors (Lipinski definition) is 5. The zero-order valence-electron chi connectivity index (χ0n) is 16.9. The van der Waals surface area contributed by atoms with Gasteiger partial charge in [-0.25, -0.2) is 18.4 Å². The van der Waals surface area contributed by atoms with E-state index in [0.29, 0.717) is 21.9 Å². The average molecular weight is 453 g/mol. The van der Waals surface area contributed by atoms with Crippen LogP contribution >= 0.6 is 11.8 Å². The highest BCUT2D eigenvalue weighted by Gasteiger charge is 2.30. The Morgan fingerprint density at radius 1 is 1.25 bits per heavy atom. The fourth-order valence-electron chi connectivity index (χ4n) is 3.74. The second-order valence-electron chi connectivity index (χ2n) is 7.54. The van der Waals surface area contributed by atoms with Gasteiger partial charge in [-0.1, -0.05) is 23.9 Å². The number of carbonyl (C=O) groups is 1. The second kappa shape index (κ2) is 7.86. The molecule has 1 atom stereocenters. The molecule has 0 saturated carbocycles. The van der Waals surface area contributed by atoms with Gasteiger partial charge in [-0.05, 0) is 36.8 Å². The van der Waals surface area contributed by atoms with Crippen LogP contribution in [0.3, 0.4) is 0 Å². The number of nitrogens with zero attached hydrogens (tertiary/aromatic N) is 4. The molecule has 1 aliphatic rings. The van der Waals surface area contributed by atoms with Crippen LogP contribution in [0.25, 0.3) is 16.7 Å². The molecule has 1 amide bonds. The first-order valence-corrected chi connectivity index (χ1v) is 10.8. The summed E-state index contributed by atoms with van der Waals surface area (Å²) >= 11 is 1.37. The Labute approximate surface area is 185 Å². The Morgan fingerprint density at radius 2 is 2.09 bits per heavy atom. The van der Waals surface area contributed by atoms with Gasteiger partial charge < -0.3 is 5.32 Å². The van der Waals surface area contributed by atoms with Gasteiger partial charge in [-0.15, -0.1) is 0 Å². The maximum absolute atomic E-state index is 13.8. The van der Waals surface area contributed by atoms with Gasteiger partial charge in [-0.2, -0.15) is 5.10 Å². The number of fused-ring (bicyclic) bond motifs is 2. The minimum Gasteiger partial charge on any atom is -0.323 e. The summed E-state index contributed by atoms with van der Waals surface area (Å²) in [7, 11) is 0. The predicted molar refractivity (Wildman–Crippen MR) is 117 cm³/mol. The number of benzene rings is 2. The molecule has 0 aliphatic carbocycles.